The Hall–Kier alpha value is -0.830. The number of rotatable bonds is 2. The summed E-state index contributed by atoms with van der Waals surface area (Å²) in [6, 6.07) is 0. The molecule has 3 nitrogen and oxygen atoms in total. The molecule has 0 aromatic heterocycles. The van der Waals surface area contributed by atoms with Crippen molar-refractivity contribution in [1.29, 1.82) is 0 Å². The highest BCUT2D eigenvalue weighted by molar-refractivity contribution is 5.77. The van der Waals surface area contributed by atoms with E-state index in [-0.39, 0.29) is 23.9 Å². The van der Waals surface area contributed by atoms with Crippen LogP contribution in [-0.4, -0.2) is 24.8 Å². The van der Waals surface area contributed by atoms with E-state index in [1.807, 2.05) is 19.9 Å². The van der Waals surface area contributed by atoms with E-state index in [1.165, 1.54) is 7.11 Å². The number of methoxy groups -OCH3 is 1. The van der Waals surface area contributed by atoms with E-state index >= 15 is 0 Å². The molecule has 0 radical (unpaired) electrons. The van der Waals surface area contributed by atoms with Gasteiger partial charge >= 0.3 is 5.97 Å². The van der Waals surface area contributed by atoms with Crippen LogP contribution in [-0.2, 0) is 9.53 Å². The lowest BCUT2D eigenvalue weighted by Gasteiger charge is -2.36. The third-order valence-electron chi connectivity index (χ3n) is 2.97. The Balaban J connectivity index is 2.97. The molecule has 3 heteroatoms. The zero-order chi connectivity index (χ0) is 10.8. The van der Waals surface area contributed by atoms with Crippen molar-refractivity contribution in [2.24, 2.45) is 11.3 Å². The van der Waals surface area contributed by atoms with Gasteiger partial charge in [-0.3, -0.25) is 4.79 Å². The van der Waals surface area contributed by atoms with Crippen LogP contribution in [0.4, 0.5) is 0 Å². The van der Waals surface area contributed by atoms with Gasteiger partial charge in [-0.2, -0.15) is 0 Å². The maximum absolute atomic E-state index is 11.6. The molecule has 0 bridgehead atoms. The maximum Gasteiger partial charge on any atom is 0.313 e. The molecule has 0 fully saturated rings. The van der Waals surface area contributed by atoms with Crippen molar-refractivity contribution < 1.29 is 14.6 Å². The normalized spacial score (nSPS) is 25.4. The third-order valence-corrected chi connectivity index (χ3v) is 2.97. The summed E-state index contributed by atoms with van der Waals surface area (Å²) in [5, 5.41) is 9.16. The highest BCUT2D eigenvalue weighted by atomic mass is 16.5. The predicted octanol–water partition coefficient (Wildman–Crippen LogP) is 1.51. The van der Waals surface area contributed by atoms with Crippen LogP contribution < -0.4 is 0 Å². The van der Waals surface area contributed by atoms with Gasteiger partial charge in [0.15, 0.2) is 0 Å². The summed E-state index contributed by atoms with van der Waals surface area (Å²) in [6.07, 6.45) is 3.83. The van der Waals surface area contributed by atoms with E-state index in [1.54, 1.807) is 0 Å². The molecular weight excluding hydrogens is 180 g/mol. The summed E-state index contributed by atoms with van der Waals surface area (Å²) in [6.45, 7) is 4.03. The van der Waals surface area contributed by atoms with Crippen molar-refractivity contribution in [3.63, 3.8) is 0 Å². The first-order valence-corrected chi connectivity index (χ1v) is 4.90. The number of allylic oxidation sites excluding steroid dienone is 1. The Morgan fingerprint density at radius 1 is 1.71 bits per heavy atom. The predicted molar refractivity (Wildman–Crippen MR) is 53.7 cm³/mol. The SMILES string of the molecule is COC(=O)C1C(CO)=CCCC1(C)C. The molecule has 1 aliphatic rings. The molecule has 1 atom stereocenters. The second-order valence-corrected chi connectivity index (χ2v) is 4.42. The minimum absolute atomic E-state index is 0.0524. The number of carbonyl (C=O) groups excluding carboxylic acids is 1. The Kier molecular flexibility index (Phi) is 3.32. The van der Waals surface area contributed by atoms with E-state index < -0.39 is 0 Å². The van der Waals surface area contributed by atoms with Crippen LogP contribution in [0.25, 0.3) is 0 Å². The molecule has 1 aliphatic carbocycles. The first-order valence-electron chi connectivity index (χ1n) is 4.90. The summed E-state index contributed by atoms with van der Waals surface area (Å²) in [7, 11) is 1.39. The first-order chi connectivity index (χ1) is 6.53. The summed E-state index contributed by atoms with van der Waals surface area (Å²) in [4.78, 5) is 11.6. The van der Waals surface area contributed by atoms with Gasteiger partial charge in [-0.05, 0) is 23.8 Å². The average molecular weight is 198 g/mol. The number of ether oxygens (including phenoxy) is 1. The molecule has 80 valence electrons. The second kappa shape index (κ2) is 4.13. The van der Waals surface area contributed by atoms with Gasteiger partial charge < -0.3 is 9.84 Å². The van der Waals surface area contributed by atoms with Crippen LogP contribution >= 0.6 is 0 Å². The van der Waals surface area contributed by atoms with Gasteiger partial charge in [0.05, 0.1) is 19.6 Å². The number of hydrogen-bond acceptors (Lipinski definition) is 3. The average Bonchev–Trinajstić information content (AvgIpc) is 2.15. The zero-order valence-corrected chi connectivity index (χ0v) is 9.04. The lowest BCUT2D eigenvalue weighted by molar-refractivity contribution is -0.148. The molecule has 0 aromatic rings. The van der Waals surface area contributed by atoms with Crippen molar-refractivity contribution >= 4 is 5.97 Å². The fraction of sp³-hybridized carbons (Fsp3) is 0.727. The molecule has 1 N–H and O–H groups in total. The second-order valence-electron chi connectivity index (χ2n) is 4.42. The highest BCUT2D eigenvalue weighted by Gasteiger charge is 2.39. The van der Waals surface area contributed by atoms with E-state index in [2.05, 4.69) is 0 Å². The number of hydrogen-bond donors (Lipinski definition) is 1. The summed E-state index contributed by atoms with van der Waals surface area (Å²) >= 11 is 0. The van der Waals surface area contributed by atoms with Gasteiger partial charge in [0.1, 0.15) is 0 Å². The van der Waals surface area contributed by atoms with E-state index in [0.29, 0.717) is 0 Å². The lowest BCUT2D eigenvalue weighted by Crippen LogP contribution is -2.36. The van der Waals surface area contributed by atoms with Gasteiger partial charge in [0.2, 0.25) is 0 Å². The molecule has 14 heavy (non-hydrogen) atoms. The molecule has 0 heterocycles. The summed E-state index contributed by atoms with van der Waals surface area (Å²) in [5.74, 6) is -0.527. The standard InChI is InChI=1S/C11H18O3/c1-11(2)6-4-5-8(7-12)9(11)10(13)14-3/h5,9,12H,4,6-7H2,1-3H3. The topological polar surface area (TPSA) is 46.5 Å². The molecule has 0 saturated carbocycles. The fourth-order valence-corrected chi connectivity index (χ4v) is 2.14. The van der Waals surface area contributed by atoms with Gasteiger partial charge in [-0.1, -0.05) is 19.9 Å². The third kappa shape index (κ3) is 1.98. The Morgan fingerprint density at radius 2 is 2.36 bits per heavy atom. The zero-order valence-electron chi connectivity index (χ0n) is 9.04. The van der Waals surface area contributed by atoms with E-state index in [0.717, 1.165) is 18.4 Å². The number of aliphatic hydroxyl groups excluding tert-OH is 1. The number of esters is 1. The summed E-state index contributed by atoms with van der Waals surface area (Å²) < 4.78 is 4.77. The Bertz CT molecular complexity index is 253. The monoisotopic (exact) mass is 198 g/mol. The van der Waals surface area contributed by atoms with Crippen molar-refractivity contribution in [3.05, 3.63) is 11.6 Å². The van der Waals surface area contributed by atoms with E-state index in [9.17, 15) is 4.79 Å². The number of aliphatic hydroxyl groups is 1. The van der Waals surface area contributed by atoms with Gasteiger partial charge in [0, 0.05) is 0 Å². The van der Waals surface area contributed by atoms with Crippen LogP contribution in [0.5, 0.6) is 0 Å². The van der Waals surface area contributed by atoms with Crippen LogP contribution in [0.3, 0.4) is 0 Å². The molecule has 0 amide bonds. The molecule has 0 spiro atoms. The van der Waals surface area contributed by atoms with E-state index in [4.69, 9.17) is 9.84 Å². The fourth-order valence-electron chi connectivity index (χ4n) is 2.14. The summed E-state index contributed by atoms with van der Waals surface area (Å²) in [5.41, 5.74) is 0.688. The maximum atomic E-state index is 11.6. The minimum Gasteiger partial charge on any atom is -0.469 e. The van der Waals surface area contributed by atoms with Crippen LogP contribution in [0.2, 0.25) is 0 Å². The van der Waals surface area contributed by atoms with Crippen LogP contribution in [0.1, 0.15) is 26.7 Å². The van der Waals surface area contributed by atoms with Gasteiger partial charge in [-0.25, -0.2) is 0 Å². The quantitative estimate of drug-likeness (QED) is 0.540. The Labute approximate surface area is 84.8 Å². The smallest absolute Gasteiger partial charge is 0.313 e. The highest BCUT2D eigenvalue weighted by Crippen LogP contribution is 2.41. The molecule has 0 saturated heterocycles. The molecule has 1 rings (SSSR count). The van der Waals surface area contributed by atoms with Crippen molar-refractivity contribution in [2.45, 2.75) is 26.7 Å². The molecular formula is C11H18O3. The molecule has 0 aliphatic heterocycles. The van der Waals surface area contributed by atoms with Crippen molar-refractivity contribution in [2.75, 3.05) is 13.7 Å². The number of carbonyl (C=O) groups is 1. The minimum atomic E-state index is -0.286. The van der Waals surface area contributed by atoms with Crippen molar-refractivity contribution in [1.82, 2.24) is 0 Å². The largest absolute Gasteiger partial charge is 0.469 e. The van der Waals surface area contributed by atoms with Crippen LogP contribution in [0, 0.1) is 11.3 Å². The van der Waals surface area contributed by atoms with Gasteiger partial charge in [-0.15, -0.1) is 0 Å². The van der Waals surface area contributed by atoms with Gasteiger partial charge in [0.25, 0.3) is 0 Å². The lowest BCUT2D eigenvalue weighted by atomic mass is 9.68. The molecule has 1 unspecified atom stereocenters. The first kappa shape index (κ1) is 11.2. The van der Waals surface area contributed by atoms with Crippen molar-refractivity contribution in [3.8, 4) is 0 Å². The molecule has 0 aromatic carbocycles. The Morgan fingerprint density at radius 3 is 2.86 bits per heavy atom. The van der Waals surface area contributed by atoms with Crippen LogP contribution in [0.15, 0.2) is 11.6 Å².